The second-order valence-corrected chi connectivity index (χ2v) is 12.6. The zero-order chi connectivity index (χ0) is 28.7. The first-order valence-electron chi connectivity index (χ1n) is 12.2. The summed E-state index contributed by atoms with van der Waals surface area (Å²) < 4.78 is 70.7. The van der Waals surface area contributed by atoms with Crippen LogP contribution in [0.2, 0.25) is 0 Å². The quantitative estimate of drug-likeness (QED) is 0.372. The van der Waals surface area contributed by atoms with Crippen LogP contribution in [0, 0.1) is 5.41 Å². The first-order valence-corrected chi connectivity index (χ1v) is 13.0. The first-order chi connectivity index (χ1) is 17.2. The Morgan fingerprint density at radius 3 is 2.39 bits per heavy atom. The van der Waals surface area contributed by atoms with Gasteiger partial charge in [0.1, 0.15) is 5.82 Å². The SMILES string of the molecule is C[C@H]1CC(F)(F)CN1Cc1nc(C(=O)NCC(C)(C)O)sc1-c1cnc(NCC(C)(C)C)cc1C(F)(F)F. The molecule has 3 rings (SSSR count). The molecule has 2 aromatic rings. The molecule has 7 nitrogen and oxygen atoms in total. The predicted molar refractivity (Wildman–Crippen MR) is 136 cm³/mol. The zero-order valence-electron chi connectivity index (χ0n) is 22.3. The molecule has 0 aliphatic carbocycles. The molecule has 1 amide bonds. The number of rotatable bonds is 8. The van der Waals surface area contributed by atoms with Gasteiger partial charge in [-0.05, 0) is 32.3 Å². The number of hydrogen-bond donors (Lipinski definition) is 3. The second-order valence-electron chi connectivity index (χ2n) is 11.6. The lowest BCUT2D eigenvalue weighted by molar-refractivity contribution is -0.137. The summed E-state index contributed by atoms with van der Waals surface area (Å²) >= 11 is 0.730. The van der Waals surface area contributed by atoms with Crippen LogP contribution in [0.1, 0.15) is 69.0 Å². The van der Waals surface area contributed by atoms with E-state index in [1.807, 2.05) is 20.8 Å². The van der Waals surface area contributed by atoms with Gasteiger partial charge in [-0.1, -0.05) is 20.8 Å². The fourth-order valence-corrected chi connectivity index (χ4v) is 4.96. The summed E-state index contributed by atoms with van der Waals surface area (Å²) in [5.41, 5.74) is -2.61. The number of thiazole rings is 1. The van der Waals surface area contributed by atoms with Crippen molar-refractivity contribution >= 4 is 23.1 Å². The van der Waals surface area contributed by atoms with Gasteiger partial charge in [-0.25, -0.2) is 18.7 Å². The summed E-state index contributed by atoms with van der Waals surface area (Å²) in [5, 5.41) is 15.2. The van der Waals surface area contributed by atoms with E-state index >= 15 is 0 Å². The Hall–Kier alpha value is -2.38. The van der Waals surface area contributed by atoms with Gasteiger partial charge in [-0.2, -0.15) is 13.2 Å². The van der Waals surface area contributed by atoms with E-state index in [0.29, 0.717) is 6.54 Å². The van der Waals surface area contributed by atoms with Crippen LogP contribution >= 0.6 is 11.3 Å². The lowest BCUT2D eigenvalue weighted by atomic mass is 9.97. The Bertz CT molecular complexity index is 1150. The number of amides is 1. The third-order valence-corrected chi connectivity index (χ3v) is 6.96. The van der Waals surface area contributed by atoms with Gasteiger partial charge < -0.3 is 15.7 Å². The third-order valence-electron chi connectivity index (χ3n) is 5.83. The number of likely N-dealkylation sites (tertiary alicyclic amines) is 1. The smallest absolute Gasteiger partial charge is 0.389 e. The van der Waals surface area contributed by atoms with Crippen molar-refractivity contribution in [2.45, 2.75) is 78.2 Å². The van der Waals surface area contributed by atoms with Gasteiger partial charge in [0.05, 0.1) is 28.3 Å². The van der Waals surface area contributed by atoms with Crippen molar-refractivity contribution < 1.29 is 31.9 Å². The van der Waals surface area contributed by atoms with Gasteiger partial charge in [0.25, 0.3) is 11.8 Å². The second kappa shape index (κ2) is 10.6. The molecular formula is C25H34F5N5O2S. The van der Waals surface area contributed by atoms with Crippen molar-refractivity contribution in [3.63, 3.8) is 0 Å². The number of anilines is 1. The number of nitrogens with one attached hydrogen (secondary N) is 2. The van der Waals surface area contributed by atoms with Gasteiger partial charge in [-0.3, -0.25) is 9.69 Å². The fraction of sp³-hybridized carbons (Fsp3) is 0.640. The van der Waals surface area contributed by atoms with Crippen LogP contribution in [-0.2, 0) is 12.7 Å². The molecule has 0 aromatic carbocycles. The standard InChI is InChI=1S/C25H34F5N5O2S/c1-14-8-24(26,27)13-35(14)10-17-19(38-21(34-17)20(36)33-12-23(5,6)37)15-9-31-18(32-11-22(2,3)4)7-16(15)25(28,29)30/h7,9,14,37H,8,10-13H2,1-6H3,(H,31,32)(H,33,36)/t14-/m0/s1. The molecular weight excluding hydrogens is 529 g/mol. The zero-order valence-corrected chi connectivity index (χ0v) is 23.1. The number of carbonyl (C=O) groups excluding carboxylic acids is 1. The number of alkyl halides is 5. The molecule has 212 valence electrons. The minimum absolute atomic E-state index is 0.0306. The summed E-state index contributed by atoms with van der Waals surface area (Å²) in [7, 11) is 0. The normalized spacial score (nSPS) is 18.6. The molecule has 1 aliphatic heterocycles. The van der Waals surface area contributed by atoms with Gasteiger partial charge >= 0.3 is 6.18 Å². The van der Waals surface area contributed by atoms with Crippen LogP contribution in [-0.4, -0.2) is 63.1 Å². The molecule has 0 unspecified atom stereocenters. The van der Waals surface area contributed by atoms with Gasteiger partial charge in [-0.15, -0.1) is 11.3 Å². The topological polar surface area (TPSA) is 90.4 Å². The molecule has 0 bridgehead atoms. The number of pyridine rings is 1. The molecule has 13 heteroatoms. The largest absolute Gasteiger partial charge is 0.417 e. The maximum absolute atomic E-state index is 14.2. The molecule has 3 N–H and O–H groups in total. The van der Waals surface area contributed by atoms with Crippen LogP contribution < -0.4 is 10.6 Å². The number of aliphatic hydroxyl groups is 1. The van der Waals surface area contributed by atoms with Crippen molar-refractivity contribution in [1.82, 2.24) is 20.2 Å². The van der Waals surface area contributed by atoms with Crippen molar-refractivity contribution in [2.24, 2.45) is 5.41 Å². The molecule has 38 heavy (non-hydrogen) atoms. The Labute approximate surface area is 222 Å². The maximum Gasteiger partial charge on any atom is 0.417 e. The Kier molecular flexibility index (Phi) is 8.45. The molecule has 1 atom stereocenters. The monoisotopic (exact) mass is 563 g/mol. The van der Waals surface area contributed by atoms with E-state index in [0.717, 1.165) is 23.6 Å². The Morgan fingerprint density at radius 1 is 1.21 bits per heavy atom. The molecule has 0 radical (unpaired) electrons. The van der Waals surface area contributed by atoms with Crippen molar-refractivity contribution in [3.05, 3.63) is 28.5 Å². The van der Waals surface area contributed by atoms with Crippen LogP contribution in [0.15, 0.2) is 12.3 Å². The van der Waals surface area contributed by atoms with E-state index in [-0.39, 0.29) is 51.9 Å². The molecule has 1 saturated heterocycles. The molecule has 2 aromatic heterocycles. The lowest BCUT2D eigenvalue weighted by Crippen LogP contribution is -2.38. The molecule has 3 heterocycles. The number of aromatic nitrogens is 2. The minimum Gasteiger partial charge on any atom is -0.389 e. The fourth-order valence-electron chi connectivity index (χ4n) is 3.94. The summed E-state index contributed by atoms with van der Waals surface area (Å²) in [5.74, 6) is -3.57. The van der Waals surface area contributed by atoms with E-state index in [1.165, 1.54) is 18.7 Å². The Balaban J connectivity index is 2.06. The number of hydrogen-bond acceptors (Lipinski definition) is 7. The van der Waals surface area contributed by atoms with Crippen molar-refractivity contribution in [1.29, 1.82) is 0 Å². The molecule has 0 spiro atoms. The minimum atomic E-state index is -4.75. The first kappa shape index (κ1) is 30.2. The summed E-state index contributed by atoms with van der Waals surface area (Å²) in [6, 6.07) is 0.377. The highest BCUT2D eigenvalue weighted by Gasteiger charge is 2.43. The highest BCUT2D eigenvalue weighted by atomic mass is 32.1. The van der Waals surface area contributed by atoms with Crippen LogP contribution in [0.4, 0.5) is 27.8 Å². The van der Waals surface area contributed by atoms with E-state index in [9.17, 15) is 31.9 Å². The Morgan fingerprint density at radius 2 is 1.87 bits per heavy atom. The highest BCUT2D eigenvalue weighted by Crippen LogP contribution is 2.42. The number of halogens is 5. The van der Waals surface area contributed by atoms with Crippen molar-refractivity contribution in [3.8, 4) is 10.4 Å². The van der Waals surface area contributed by atoms with E-state index in [4.69, 9.17) is 0 Å². The summed E-state index contributed by atoms with van der Waals surface area (Å²) in [6.45, 7) is 9.90. The van der Waals surface area contributed by atoms with Gasteiger partial charge in [0.2, 0.25) is 0 Å². The van der Waals surface area contributed by atoms with Crippen LogP contribution in [0.3, 0.4) is 0 Å². The summed E-state index contributed by atoms with van der Waals surface area (Å²) in [6.07, 6.45) is -4.06. The number of carbonyl (C=O) groups is 1. The van der Waals surface area contributed by atoms with E-state index in [2.05, 4.69) is 20.6 Å². The third kappa shape index (κ3) is 8.06. The molecule has 1 fully saturated rings. The van der Waals surface area contributed by atoms with E-state index in [1.54, 1.807) is 6.92 Å². The average molecular weight is 564 g/mol. The van der Waals surface area contributed by atoms with Gasteiger partial charge in [0, 0.05) is 43.9 Å². The predicted octanol–water partition coefficient (Wildman–Crippen LogP) is 5.41. The van der Waals surface area contributed by atoms with Crippen LogP contribution in [0.25, 0.3) is 10.4 Å². The molecule has 1 aliphatic rings. The van der Waals surface area contributed by atoms with Gasteiger partial charge in [0.15, 0.2) is 5.01 Å². The number of nitrogens with zero attached hydrogens (tertiary/aromatic N) is 3. The maximum atomic E-state index is 14.2. The highest BCUT2D eigenvalue weighted by molar-refractivity contribution is 7.17. The molecule has 0 saturated carbocycles. The lowest BCUT2D eigenvalue weighted by Gasteiger charge is -2.21. The average Bonchev–Trinajstić information content (AvgIpc) is 3.28. The van der Waals surface area contributed by atoms with Crippen LogP contribution in [0.5, 0.6) is 0 Å². The van der Waals surface area contributed by atoms with E-state index < -0.39 is 41.8 Å². The summed E-state index contributed by atoms with van der Waals surface area (Å²) in [4.78, 5) is 22.7. The van der Waals surface area contributed by atoms with Crippen molar-refractivity contribution in [2.75, 3.05) is 25.0 Å².